The van der Waals surface area contributed by atoms with Crippen molar-refractivity contribution in [3.05, 3.63) is 0 Å². The molecule has 0 aromatic heterocycles. The summed E-state index contributed by atoms with van der Waals surface area (Å²) in [7, 11) is 0. The van der Waals surface area contributed by atoms with E-state index in [9.17, 15) is 24.3 Å². The fourth-order valence-corrected chi connectivity index (χ4v) is 2.19. The van der Waals surface area contributed by atoms with E-state index in [1.165, 1.54) is 13.8 Å². The van der Waals surface area contributed by atoms with Gasteiger partial charge in [0.1, 0.15) is 18.1 Å². The molecule has 0 heterocycles. The number of hydrogen-bond donors (Lipinski definition) is 8. The van der Waals surface area contributed by atoms with Crippen LogP contribution >= 0.6 is 12.6 Å². The minimum atomic E-state index is -1.23. The summed E-state index contributed by atoms with van der Waals surface area (Å²) in [6.07, 6.45) is 0.434. The van der Waals surface area contributed by atoms with Gasteiger partial charge in [0, 0.05) is 12.3 Å². The van der Waals surface area contributed by atoms with Gasteiger partial charge in [-0.1, -0.05) is 0 Å². The van der Waals surface area contributed by atoms with Crippen LogP contribution < -0.4 is 33.2 Å². The van der Waals surface area contributed by atoms with Crippen molar-refractivity contribution in [1.82, 2.24) is 16.0 Å². The van der Waals surface area contributed by atoms with Gasteiger partial charge in [0.25, 0.3) is 0 Å². The average Bonchev–Trinajstić information content (AvgIpc) is 2.60. The molecule has 10 N–H and O–H groups in total. The van der Waals surface area contributed by atoms with Crippen LogP contribution in [-0.4, -0.2) is 71.2 Å². The normalized spacial score (nSPS) is 14.7. The number of carboxylic acids is 1. The maximum absolute atomic E-state index is 12.2. The van der Waals surface area contributed by atoms with Crippen LogP contribution in [0.5, 0.6) is 0 Å². The molecule has 0 radical (unpaired) electrons. The van der Waals surface area contributed by atoms with Crippen molar-refractivity contribution in [2.45, 2.75) is 50.9 Å². The van der Waals surface area contributed by atoms with E-state index in [0.29, 0.717) is 6.42 Å². The molecule has 4 unspecified atom stereocenters. The first-order chi connectivity index (χ1) is 13.0. The molecule has 12 nitrogen and oxygen atoms in total. The number of hydrogen-bond acceptors (Lipinski definition) is 7. The van der Waals surface area contributed by atoms with Crippen LogP contribution in [0, 0.1) is 0 Å². The van der Waals surface area contributed by atoms with Gasteiger partial charge < -0.3 is 38.3 Å². The Kier molecular flexibility index (Phi) is 11.6. The summed E-state index contributed by atoms with van der Waals surface area (Å²) in [5, 5.41) is 16.3. The lowest BCUT2D eigenvalue weighted by Gasteiger charge is -2.22. The number of aliphatic imine (C=N–C) groups is 1. The molecule has 0 aromatic carbocycles. The van der Waals surface area contributed by atoms with Gasteiger partial charge in [-0.05, 0) is 26.7 Å². The summed E-state index contributed by atoms with van der Waals surface area (Å²) in [5.74, 6) is -3.24. The Morgan fingerprint density at radius 2 is 1.57 bits per heavy atom. The summed E-state index contributed by atoms with van der Waals surface area (Å²) in [6.45, 7) is 3.06. The van der Waals surface area contributed by atoms with Gasteiger partial charge in [0.05, 0.1) is 6.04 Å². The molecule has 0 aliphatic rings. The first-order valence-electron chi connectivity index (χ1n) is 8.55. The summed E-state index contributed by atoms with van der Waals surface area (Å²) in [6, 6.07) is -4.01. The maximum atomic E-state index is 12.2. The van der Waals surface area contributed by atoms with Crippen LogP contribution in [0.3, 0.4) is 0 Å². The van der Waals surface area contributed by atoms with Gasteiger partial charge >= 0.3 is 5.97 Å². The van der Waals surface area contributed by atoms with Gasteiger partial charge in [0.2, 0.25) is 17.7 Å². The number of carboxylic acid groups (broad SMARTS) is 1. The Morgan fingerprint density at radius 3 is 2.04 bits per heavy atom. The van der Waals surface area contributed by atoms with Crippen molar-refractivity contribution in [2.75, 3.05) is 12.3 Å². The molecule has 160 valence electrons. The molecule has 0 aromatic rings. The fourth-order valence-electron chi connectivity index (χ4n) is 1.93. The summed E-state index contributed by atoms with van der Waals surface area (Å²) in [5.41, 5.74) is 15.8. The van der Waals surface area contributed by atoms with Gasteiger partial charge in [0.15, 0.2) is 5.96 Å². The third kappa shape index (κ3) is 9.97. The Labute approximate surface area is 168 Å². The highest BCUT2D eigenvalue weighted by Gasteiger charge is 2.26. The second-order valence-corrected chi connectivity index (χ2v) is 6.48. The lowest BCUT2D eigenvalue weighted by atomic mass is 10.1. The zero-order valence-electron chi connectivity index (χ0n) is 15.8. The first-order valence-corrected chi connectivity index (χ1v) is 9.18. The van der Waals surface area contributed by atoms with E-state index in [-0.39, 0.29) is 24.7 Å². The van der Waals surface area contributed by atoms with Gasteiger partial charge in [-0.15, -0.1) is 0 Å². The molecule has 4 atom stereocenters. The molecule has 0 spiro atoms. The zero-order valence-corrected chi connectivity index (χ0v) is 16.7. The Bertz CT molecular complexity index is 595. The molecule has 0 saturated carbocycles. The van der Waals surface area contributed by atoms with E-state index in [0.717, 1.165) is 0 Å². The highest BCUT2D eigenvalue weighted by molar-refractivity contribution is 7.80. The molecule has 0 rings (SSSR count). The monoisotopic (exact) mass is 419 g/mol. The van der Waals surface area contributed by atoms with E-state index >= 15 is 0 Å². The Morgan fingerprint density at radius 1 is 1.00 bits per heavy atom. The third-order valence-electron chi connectivity index (χ3n) is 3.54. The van der Waals surface area contributed by atoms with E-state index in [1.807, 2.05) is 0 Å². The number of thiol groups is 1. The second kappa shape index (κ2) is 12.8. The molecular weight excluding hydrogens is 390 g/mol. The van der Waals surface area contributed by atoms with Crippen LogP contribution in [0.2, 0.25) is 0 Å². The van der Waals surface area contributed by atoms with Crippen molar-refractivity contribution in [3.8, 4) is 0 Å². The minimum absolute atomic E-state index is 0.0127. The maximum Gasteiger partial charge on any atom is 0.326 e. The number of nitrogens with one attached hydrogen (secondary N) is 3. The number of carbonyl (C=O) groups is 4. The Hall–Kier alpha value is -2.54. The number of rotatable bonds is 12. The molecule has 3 amide bonds. The van der Waals surface area contributed by atoms with Crippen molar-refractivity contribution in [1.29, 1.82) is 0 Å². The molecule has 13 heteroatoms. The molecule has 0 bridgehead atoms. The Balaban J connectivity index is 4.71. The van der Waals surface area contributed by atoms with Crippen LogP contribution in [0.15, 0.2) is 4.99 Å². The van der Waals surface area contributed by atoms with E-state index in [2.05, 4.69) is 33.6 Å². The highest BCUT2D eigenvalue weighted by atomic mass is 32.1. The van der Waals surface area contributed by atoms with Crippen LogP contribution in [0.4, 0.5) is 0 Å². The first kappa shape index (κ1) is 25.5. The number of guanidine groups is 1. The van der Waals surface area contributed by atoms with Crippen molar-refractivity contribution < 1.29 is 24.3 Å². The molecule has 0 aliphatic heterocycles. The fraction of sp³-hybridized carbons (Fsp3) is 0.667. The number of nitrogens with two attached hydrogens (primary N) is 3. The number of amides is 3. The highest BCUT2D eigenvalue weighted by Crippen LogP contribution is 2.00. The quantitative estimate of drug-likeness (QED) is 0.0698. The lowest BCUT2D eigenvalue weighted by Crippen LogP contribution is -2.56. The van der Waals surface area contributed by atoms with Crippen molar-refractivity contribution in [2.24, 2.45) is 22.2 Å². The topological polar surface area (TPSA) is 215 Å². The molecule has 0 saturated heterocycles. The van der Waals surface area contributed by atoms with E-state index in [1.54, 1.807) is 0 Å². The minimum Gasteiger partial charge on any atom is -0.480 e. The molecular formula is C15H29N7O5S. The summed E-state index contributed by atoms with van der Waals surface area (Å²) in [4.78, 5) is 51.0. The third-order valence-corrected chi connectivity index (χ3v) is 3.91. The van der Waals surface area contributed by atoms with Gasteiger partial charge in [-0.3, -0.25) is 19.4 Å². The van der Waals surface area contributed by atoms with Gasteiger partial charge in [-0.25, -0.2) is 4.79 Å². The number of nitrogens with zero attached hydrogens (tertiary/aromatic N) is 1. The molecule has 28 heavy (non-hydrogen) atoms. The smallest absolute Gasteiger partial charge is 0.326 e. The molecule has 0 fully saturated rings. The predicted octanol–water partition coefficient (Wildman–Crippen LogP) is -3.12. The number of carbonyl (C=O) groups excluding carboxylic acids is 3. The summed E-state index contributed by atoms with van der Waals surface area (Å²) < 4.78 is 0. The predicted molar refractivity (Wildman–Crippen MR) is 107 cm³/mol. The van der Waals surface area contributed by atoms with E-state index in [4.69, 9.17) is 17.2 Å². The van der Waals surface area contributed by atoms with E-state index < -0.39 is 47.9 Å². The lowest BCUT2D eigenvalue weighted by molar-refractivity contribution is -0.142. The summed E-state index contributed by atoms with van der Waals surface area (Å²) >= 11 is 3.99. The van der Waals surface area contributed by atoms with Crippen LogP contribution in [0.1, 0.15) is 26.7 Å². The largest absolute Gasteiger partial charge is 0.480 e. The van der Waals surface area contributed by atoms with Crippen LogP contribution in [0.25, 0.3) is 0 Å². The van der Waals surface area contributed by atoms with Gasteiger partial charge in [-0.2, -0.15) is 12.6 Å². The van der Waals surface area contributed by atoms with Crippen molar-refractivity contribution in [3.63, 3.8) is 0 Å². The average molecular weight is 420 g/mol. The number of aliphatic carboxylic acids is 1. The SMILES string of the molecule is CC(N)C(=O)NC(CS)C(=O)NC(C)C(=O)NC(CCCN=C(N)N)C(=O)O. The molecule has 0 aliphatic carbocycles. The second-order valence-electron chi connectivity index (χ2n) is 6.11. The van der Waals surface area contributed by atoms with Crippen LogP contribution in [-0.2, 0) is 19.2 Å². The van der Waals surface area contributed by atoms with Crippen molar-refractivity contribution >= 4 is 42.3 Å². The zero-order chi connectivity index (χ0) is 21.9. The standard InChI is InChI=1S/C15H29N7O5S/c1-7(16)11(23)22-10(6-28)13(25)20-8(2)12(24)21-9(14(26)27)4-3-5-19-15(17)18/h7-10,28H,3-6,16H2,1-2H3,(H,20,25)(H,21,24)(H,22,23)(H,26,27)(H4,17,18,19).